The molecule has 1 saturated heterocycles. The van der Waals surface area contributed by atoms with Crippen molar-refractivity contribution in [2.75, 3.05) is 50.5 Å². The standard InChI is InChI=1S/C32H34FN5O5/c1-20-15-26(28(36-19-39)17-25(20)32(42)43-3)21(2)30(22-7-5-4-6-8-22)37-23-9-10-24(27(33)16-23)31(41)35-12-14-38-13-11-34-29(40)18-38/h4-10,15-17,19,37H,11-14,18H2,1-3H3,(H,34,40)(H,35,41)(H,36,39)/b30-21+. The van der Waals surface area contributed by atoms with Crippen molar-refractivity contribution in [3.05, 3.63) is 94.3 Å². The molecule has 1 aliphatic rings. The molecule has 3 aromatic carbocycles. The lowest BCUT2D eigenvalue weighted by atomic mass is 9.95. The molecule has 1 aliphatic heterocycles. The van der Waals surface area contributed by atoms with Gasteiger partial charge >= 0.3 is 5.97 Å². The second-order valence-electron chi connectivity index (χ2n) is 10.0. The van der Waals surface area contributed by atoms with E-state index in [1.54, 1.807) is 25.1 Å². The van der Waals surface area contributed by atoms with Gasteiger partial charge < -0.3 is 26.0 Å². The van der Waals surface area contributed by atoms with Gasteiger partial charge in [0.2, 0.25) is 12.3 Å². The van der Waals surface area contributed by atoms with Crippen molar-refractivity contribution in [1.82, 2.24) is 15.5 Å². The number of halogens is 1. The third-order valence-corrected chi connectivity index (χ3v) is 7.14. The van der Waals surface area contributed by atoms with Gasteiger partial charge in [-0.05, 0) is 60.9 Å². The highest BCUT2D eigenvalue weighted by molar-refractivity contribution is 6.01. The molecule has 1 fully saturated rings. The number of piperazine rings is 1. The molecule has 0 unspecified atom stereocenters. The van der Waals surface area contributed by atoms with Crippen LogP contribution in [0.3, 0.4) is 0 Å². The summed E-state index contributed by atoms with van der Waals surface area (Å²) in [5, 5.41) is 11.4. The number of nitrogens with one attached hydrogen (secondary N) is 4. The van der Waals surface area contributed by atoms with Gasteiger partial charge in [0.05, 0.1) is 24.8 Å². The summed E-state index contributed by atoms with van der Waals surface area (Å²) in [4.78, 5) is 49.9. The van der Waals surface area contributed by atoms with E-state index >= 15 is 4.39 Å². The van der Waals surface area contributed by atoms with Gasteiger partial charge in [-0.3, -0.25) is 19.3 Å². The Kier molecular flexibility index (Phi) is 10.2. The van der Waals surface area contributed by atoms with Gasteiger partial charge in [0.15, 0.2) is 0 Å². The summed E-state index contributed by atoms with van der Waals surface area (Å²) in [5.74, 6) is -1.84. The third-order valence-electron chi connectivity index (χ3n) is 7.14. The zero-order valence-corrected chi connectivity index (χ0v) is 24.3. The maximum absolute atomic E-state index is 15.2. The smallest absolute Gasteiger partial charge is 0.338 e. The van der Waals surface area contributed by atoms with Crippen LogP contribution in [-0.2, 0) is 14.3 Å². The predicted molar refractivity (Wildman–Crippen MR) is 163 cm³/mol. The number of carbonyl (C=O) groups is 4. The van der Waals surface area contributed by atoms with Crippen molar-refractivity contribution in [2.24, 2.45) is 0 Å². The van der Waals surface area contributed by atoms with Gasteiger partial charge in [-0.1, -0.05) is 30.3 Å². The van der Waals surface area contributed by atoms with Crippen LogP contribution < -0.4 is 21.3 Å². The fraction of sp³-hybridized carbons (Fsp3) is 0.250. The summed E-state index contributed by atoms with van der Waals surface area (Å²) in [5.41, 5.74) is 4.44. The zero-order valence-electron chi connectivity index (χ0n) is 24.3. The first-order valence-corrected chi connectivity index (χ1v) is 13.8. The number of aryl methyl sites for hydroxylation is 1. The molecule has 0 bridgehead atoms. The molecule has 0 spiro atoms. The van der Waals surface area contributed by atoms with E-state index in [2.05, 4.69) is 21.3 Å². The molecular formula is C32H34FN5O5. The van der Waals surface area contributed by atoms with Crippen molar-refractivity contribution >= 4 is 46.8 Å². The van der Waals surface area contributed by atoms with Gasteiger partial charge in [-0.2, -0.15) is 0 Å². The van der Waals surface area contributed by atoms with Crippen molar-refractivity contribution in [3.8, 4) is 0 Å². The Morgan fingerprint density at radius 2 is 1.84 bits per heavy atom. The molecule has 4 N–H and O–H groups in total. The number of benzene rings is 3. The van der Waals surface area contributed by atoms with E-state index in [0.29, 0.717) is 65.4 Å². The van der Waals surface area contributed by atoms with E-state index in [1.807, 2.05) is 42.2 Å². The van der Waals surface area contributed by atoms with Crippen LogP contribution in [0.25, 0.3) is 11.3 Å². The van der Waals surface area contributed by atoms with Crippen LogP contribution >= 0.6 is 0 Å². The summed E-state index contributed by atoms with van der Waals surface area (Å²) < 4.78 is 20.1. The van der Waals surface area contributed by atoms with E-state index < -0.39 is 17.7 Å². The highest BCUT2D eigenvalue weighted by atomic mass is 19.1. The molecule has 0 saturated carbocycles. The first-order valence-electron chi connectivity index (χ1n) is 13.8. The quantitative estimate of drug-likeness (QED) is 0.153. The highest BCUT2D eigenvalue weighted by Crippen LogP contribution is 2.34. The van der Waals surface area contributed by atoms with Crippen LogP contribution in [0.5, 0.6) is 0 Å². The first-order chi connectivity index (χ1) is 20.7. The largest absolute Gasteiger partial charge is 0.465 e. The SMILES string of the molecule is COC(=O)c1cc(NC=O)c(/C(C)=C(/Nc2ccc(C(=O)NCCN3CCNC(=O)C3)c(F)c2)c2ccccc2)cc1C. The van der Waals surface area contributed by atoms with E-state index in [9.17, 15) is 19.2 Å². The van der Waals surface area contributed by atoms with E-state index in [1.165, 1.54) is 19.2 Å². The number of hydrogen-bond acceptors (Lipinski definition) is 7. The summed E-state index contributed by atoms with van der Waals surface area (Å²) in [7, 11) is 1.29. The van der Waals surface area contributed by atoms with Gasteiger partial charge in [-0.15, -0.1) is 0 Å². The lowest BCUT2D eigenvalue weighted by molar-refractivity contribution is -0.124. The fourth-order valence-electron chi connectivity index (χ4n) is 4.88. The lowest BCUT2D eigenvalue weighted by Gasteiger charge is -2.26. The fourth-order valence-corrected chi connectivity index (χ4v) is 4.88. The average molecular weight is 588 g/mol. The summed E-state index contributed by atoms with van der Waals surface area (Å²) in [6.45, 7) is 5.89. The van der Waals surface area contributed by atoms with Crippen molar-refractivity contribution < 1.29 is 28.3 Å². The number of amides is 3. The zero-order chi connectivity index (χ0) is 30.9. The van der Waals surface area contributed by atoms with Crippen LogP contribution in [0.15, 0.2) is 60.7 Å². The molecule has 0 atom stereocenters. The molecule has 0 aromatic heterocycles. The number of esters is 1. The monoisotopic (exact) mass is 587 g/mol. The van der Waals surface area contributed by atoms with Gasteiger partial charge in [0.1, 0.15) is 5.82 Å². The number of rotatable bonds is 11. The van der Waals surface area contributed by atoms with Crippen LogP contribution in [0.4, 0.5) is 15.8 Å². The molecule has 10 nitrogen and oxygen atoms in total. The highest BCUT2D eigenvalue weighted by Gasteiger charge is 2.19. The Hall–Kier alpha value is -5.03. The Morgan fingerprint density at radius 3 is 2.51 bits per heavy atom. The van der Waals surface area contributed by atoms with E-state index in [4.69, 9.17) is 4.74 Å². The Labute approximate surface area is 249 Å². The summed E-state index contributed by atoms with van der Waals surface area (Å²) in [6, 6.07) is 17.0. The average Bonchev–Trinajstić information content (AvgIpc) is 3.00. The van der Waals surface area contributed by atoms with Crippen LogP contribution in [0.2, 0.25) is 0 Å². The minimum absolute atomic E-state index is 0.0598. The number of carbonyl (C=O) groups excluding carboxylic acids is 4. The van der Waals surface area contributed by atoms with Gasteiger partial charge in [0.25, 0.3) is 5.91 Å². The number of ether oxygens (including phenoxy) is 1. The number of methoxy groups -OCH3 is 1. The number of anilines is 2. The van der Waals surface area contributed by atoms with Gasteiger partial charge in [0, 0.05) is 48.8 Å². The minimum Gasteiger partial charge on any atom is -0.465 e. The normalized spacial score (nSPS) is 13.8. The number of allylic oxidation sites excluding steroid dienone is 1. The Bertz CT molecular complexity index is 1560. The molecule has 11 heteroatoms. The molecule has 0 aliphatic carbocycles. The molecular weight excluding hydrogens is 553 g/mol. The molecule has 1 heterocycles. The van der Waals surface area contributed by atoms with Crippen molar-refractivity contribution in [2.45, 2.75) is 13.8 Å². The van der Waals surface area contributed by atoms with E-state index in [0.717, 1.165) is 5.56 Å². The second kappa shape index (κ2) is 14.2. The van der Waals surface area contributed by atoms with Crippen LogP contribution in [0, 0.1) is 12.7 Å². The first kappa shape index (κ1) is 30.9. The minimum atomic E-state index is -0.702. The number of hydrogen-bond donors (Lipinski definition) is 4. The van der Waals surface area contributed by atoms with Crippen LogP contribution in [0.1, 0.15) is 44.3 Å². The Balaban J connectivity index is 1.61. The molecule has 43 heavy (non-hydrogen) atoms. The topological polar surface area (TPSA) is 129 Å². The maximum Gasteiger partial charge on any atom is 0.338 e. The Morgan fingerprint density at radius 1 is 1.07 bits per heavy atom. The molecule has 0 radical (unpaired) electrons. The number of nitrogens with zero attached hydrogens (tertiary/aromatic N) is 1. The van der Waals surface area contributed by atoms with E-state index in [-0.39, 0.29) is 24.6 Å². The summed E-state index contributed by atoms with van der Waals surface area (Å²) >= 11 is 0. The third kappa shape index (κ3) is 7.63. The molecule has 3 amide bonds. The van der Waals surface area contributed by atoms with Gasteiger partial charge in [-0.25, -0.2) is 9.18 Å². The molecule has 224 valence electrons. The molecule has 4 rings (SSSR count). The summed E-state index contributed by atoms with van der Waals surface area (Å²) in [6.07, 6.45) is 0.528. The lowest BCUT2D eigenvalue weighted by Crippen LogP contribution is -2.49. The van der Waals surface area contributed by atoms with Crippen molar-refractivity contribution in [1.29, 1.82) is 0 Å². The van der Waals surface area contributed by atoms with Crippen molar-refractivity contribution in [3.63, 3.8) is 0 Å². The van der Waals surface area contributed by atoms with Crippen LogP contribution in [-0.4, -0.2) is 68.9 Å². The predicted octanol–water partition coefficient (Wildman–Crippen LogP) is 3.65. The second-order valence-corrected chi connectivity index (χ2v) is 10.0. The molecule has 3 aromatic rings. The maximum atomic E-state index is 15.2.